The second kappa shape index (κ2) is 19.7. The van der Waals surface area contributed by atoms with E-state index in [-0.39, 0.29) is 73.6 Å². The largest absolute Gasteiger partial charge is 0.495 e. The molecule has 1 aromatic heterocycles. The molecule has 3 aromatic rings. The van der Waals surface area contributed by atoms with Gasteiger partial charge in [-0.1, -0.05) is 25.8 Å². The van der Waals surface area contributed by atoms with Crippen LogP contribution in [0.15, 0.2) is 42.6 Å². The molecule has 0 bridgehead atoms. The van der Waals surface area contributed by atoms with Crippen LogP contribution in [0.1, 0.15) is 84.6 Å². The van der Waals surface area contributed by atoms with Gasteiger partial charge >= 0.3 is 0 Å². The van der Waals surface area contributed by atoms with Gasteiger partial charge in [0, 0.05) is 80.7 Å². The number of aromatic nitrogens is 2. The van der Waals surface area contributed by atoms with Gasteiger partial charge in [-0.3, -0.25) is 39.0 Å². The first-order valence-corrected chi connectivity index (χ1v) is 22.3. The lowest BCUT2D eigenvalue weighted by atomic mass is 10.0. The number of anilines is 5. The molecule has 8 rings (SSSR count). The molecule has 0 radical (unpaired) electrons. The Morgan fingerprint density at radius 3 is 2.61 bits per heavy atom. The summed E-state index contributed by atoms with van der Waals surface area (Å²) in [4.78, 5) is 93.6. The van der Waals surface area contributed by atoms with Crippen molar-refractivity contribution in [2.24, 2.45) is 0 Å². The third kappa shape index (κ3) is 9.51. The summed E-state index contributed by atoms with van der Waals surface area (Å²) in [6.07, 6.45) is 7.93. The number of rotatable bonds is 17. The number of fused-ring (bicyclic) bond motifs is 2. The highest BCUT2D eigenvalue weighted by Crippen LogP contribution is 2.40. The third-order valence-corrected chi connectivity index (χ3v) is 12.8. The van der Waals surface area contributed by atoms with E-state index in [1.165, 1.54) is 4.90 Å². The number of nitrogens with zero attached hydrogens (tertiary/aromatic N) is 6. The first kappa shape index (κ1) is 44.4. The Labute approximate surface area is 372 Å². The maximum atomic E-state index is 13.4. The summed E-state index contributed by atoms with van der Waals surface area (Å²) >= 11 is 0. The number of likely N-dealkylation sites (N-methyl/N-ethyl adjacent to an activating group) is 1. The van der Waals surface area contributed by atoms with Crippen LogP contribution in [0.3, 0.4) is 0 Å². The summed E-state index contributed by atoms with van der Waals surface area (Å²) in [6, 6.07) is 9.55. The number of hydrogen-bond donors (Lipinski definition) is 5. The van der Waals surface area contributed by atoms with Crippen molar-refractivity contribution in [3.63, 3.8) is 0 Å². The Kier molecular flexibility index (Phi) is 13.7. The molecule has 2 aromatic carbocycles. The summed E-state index contributed by atoms with van der Waals surface area (Å²) in [5.41, 5.74) is 3.35. The van der Waals surface area contributed by atoms with Crippen LogP contribution in [0, 0.1) is 0 Å². The van der Waals surface area contributed by atoms with Gasteiger partial charge in [-0.25, -0.2) is 4.98 Å². The number of carbonyl (C=O) groups excluding carboxylic acids is 6. The third-order valence-electron chi connectivity index (χ3n) is 12.8. The van der Waals surface area contributed by atoms with Crippen molar-refractivity contribution < 1.29 is 38.2 Å². The van der Waals surface area contributed by atoms with Crippen LogP contribution < -0.4 is 41.1 Å². The topological polar surface area (TPSA) is 220 Å². The predicted octanol–water partition coefficient (Wildman–Crippen LogP) is 2.54. The first-order chi connectivity index (χ1) is 31.0. The molecule has 1 saturated carbocycles. The molecule has 5 aliphatic rings. The molecule has 5 N–H and O–H groups in total. The fraction of sp³-hybridized carbons (Fsp3) is 0.511. The minimum absolute atomic E-state index is 0.0235. The zero-order valence-electron chi connectivity index (χ0n) is 36.6. The monoisotopic (exact) mass is 879 g/mol. The normalized spacial score (nSPS) is 21.2. The van der Waals surface area contributed by atoms with Crippen LogP contribution >= 0.6 is 0 Å². The Morgan fingerprint density at radius 1 is 1.00 bits per heavy atom. The number of carbonyl (C=O) groups is 6. The van der Waals surface area contributed by atoms with Gasteiger partial charge in [-0.2, -0.15) is 4.98 Å². The van der Waals surface area contributed by atoms with Crippen LogP contribution in [0.2, 0.25) is 0 Å². The highest BCUT2D eigenvalue weighted by atomic mass is 16.5. The molecule has 3 atom stereocenters. The van der Waals surface area contributed by atoms with Crippen molar-refractivity contribution in [1.82, 2.24) is 35.7 Å². The number of imide groups is 1. The van der Waals surface area contributed by atoms with Gasteiger partial charge in [0.05, 0.1) is 38.8 Å². The highest BCUT2D eigenvalue weighted by molar-refractivity contribution is 6.07. The number of likely N-dealkylation sites (tertiary alicyclic amines) is 1. The molecule has 19 nitrogen and oxygen atoms in total. The smallest absolute Gasteiger partial charge is 0.255 e. The molecule has 19 heteroatoms. The van der Waals surface area contributed by atoms with Gasteiger partial charge in [0.1, 0.15) is 23.5 Å². The van der Waals surface area contributed by atoms with E-state index in [0.717, 1.165) is 44.5 Å². The lowest BCUT2D eigenvalue weighted by Crippen LogP contribution is -2.55. The molecular formula is C45H57N11O8. The van der Waals surface area contributed by atoms with Gasteiger partial charge in [0.2, 0.25) is 29.6 Å². The molecule has 5 heterocycles. The van der Waals surface area contributed by atoms with Gasteiger partial charge in [-0.15, -0.1) is 0 Å². The average Bonchev–Trinajstić information content (AvgIpc) is 4.06. The molecule has 2 unspecified atom stereocenters. The van der Waals surface area contributed by atoms with Crippen molar-refractivity contribution in [3.8, 4) is 5.75 Å². The molecule has 0 spiro atoms. The van der Waals surface area contributed by atoms with Crippen molar-refractivity contribution in [3.05, 3.63) is 59.3 Å². The minimum atomic E-state index is -0.732. The Morgan fingerprint density at radius 2 is 1.83 bits per heavy atom. The summed E-state index contributed by atoms with van der Waals surface area (Å²) < 4.78 is 11.5. The Hall–Kier alpha value is -6.18. The standard InChI is InChI=1S/C45H57N11O8/c1-4-34-44(62)53(2)36-23-47-45(52-40(36)56(34)29-8-5-6-9-29)50-33-13-12-27(22-37(33)63-3)41(59)48-28-16-18-54(25-28)19-21-64-20-17-46-24-39(58)49-32-11-7-10-30-31(32)26-55(43(30)61)35-14-15-38(57)51-42(35)60/h7,10-13,22-23,28-29,34-35,46H,4-6,8-9,14-21,24-26H2,1-3H3,(H,48,59)(H,49,58)(H,47,50,52)(H,51,57,60)/t28?,34-,35?/m1/s1. The minimum Gasteiger partial charge on any atom is -0.495 e. The Balaban J connectivity index is 0.748. The van der Waals surface area contributed by atoms with Gasteiger partial charge < -0.3 is 45.4 Å². The van der Waals surface area contributed by atoms with Crippen LogP contribution in [0.5, 0.6) is 5.75 Å². The van der Waals surface area contributed by atoms with E-state index in [1.54, 1.807) is 61.7 Å². The molecule has 2 saturated heterocycles. The van der Waals surface area contributed by atoms with Crippen molar-refractivity contribution >= 4 is 64.3 Å². The van der Waals surface area contributed by atoms with Gasteiger partial charge in [0.25, 0.3) is 11.8 Å². The van der Waals surface area contributed by atoms with E-state index in [9.17, 15) is 28.8 Å². The second-order valence-corrected chi connectivity index (χ2v) is 16.9. The number of nitrogens with one attached hydrogen (secondary N) is 5. The molecule has 6 amide bonds. The van der Waals surface area contributed by atoms with Crippen molar-refractivity contribution in [2.45, 2.75) is 89.0 Å². The van der Waals surface area contributed by atoms with Gasteiger partial charge in [0.15, 0.2) is 5.82 Å². The van der Waals surface area contributed by atoms with Gasteiger partial charge in [-0.05, 0) is 62.4 Å². The lowest BCUT2D eigenvalue weighted by Gasteiger charge is -2.43. The zero-order valence-corrected chi connectivity index (χ0v) is 36.6. The summed E-state index contributed by atoms with van der Waals surface area (Å²) in [5.74, 6) is 0.0469. The summed E-state index contributed by atoms with van der Waals surface area (Å²) in [5, 5.41) is 14.7. The zero-order chi connectivity index (χ0) is 44.9. The fourth-order valence-electron chi connectivity index (χ4n) is 9.46. The SMILES string of the molecule is CC[C@@H]1C(=O)N(C)c2cnc(Nc3ccc(C(=O)NC4CCN(CCOCCNCC(=O)Nc5cccc6c5CN(C5CCC(=O)NC5=O)C6=O)C4)cc3OC)nc2N1C1CCCC1. The number of benzene rings is 2. The molecular weight excluding hydrogens is 823 g/mol. The van der Waals surface area contributed by atoms with E-state index < -0.39 is 11.9 Å². The molecule has 3 fully saturated rings. The van der Waals surface area contributed by atoms with Crippen LogP contribution in [-0.2, 0) is 30.5 Å². The molecule has 4 aliphatic heterocycles. The van der Waals surface area contributed by atoms with E-state index in [2.05, 4.69) is 41.4 Å². The number of ether oxygens (including phenoxy) is 2. The van der Waals surface area contributed by atoms with E-state index in [1.807, 2.05) is 6.92 Å². The van der Waals surface area contributed by atoms with E-state index >= 15 is 0 Å². The van der Waals surface area contributed by atoms with Crippen LogP contribution in [-0.4, -0.2) is 139 Å². The van der Waals surface area contributed by atoms with E-state index in [0.29, 0.717) is 84.7 Å². The molecule has 340 valence electrons. The molecule has 1 aliphatic carbocycles. The maximum Gasteiger partial charge on any atom is 0.255 e. The summed E-state index contributed by atoms with van der Waals surface area (Å²) in [7, 11) is 3.33. The van der Waals surface area contributed by atoms with Crippen LogP contribution in [0.4, 0.5) is 28.8 Å². The summed E-state index contributed by atoms with van der Waals surface area (Å²) in [6.45, 7) is 5.81. The maximum absolute atomic E-state index is 13.4. The fourth-order valence-corrected chi connectivity index (χ4v) is 9.46. The van der Waals surface area contributed by atoms with Crippen LogP contribution in [0.25, 0.3) is 0 Å². The van der Waals surface area contributed by atoms with Crippen molar-refractivity contribution in [2.75, 3.05) is 80.5 Å². The highest BCUT2D eigenvalue weighted by Gasteiger charge is 2.42. The van der Waals surface area contributed by atoms with Crippen molar-refractivity contribution in [1.29, 1.82) is 0 Å². The number of methoxy groups -OCH3 is 1. The quantitative estimate of drug-likeness (QED) is 0.0973. The first-order valence-electron chi connectivity index (χ1n) is 22.3. The predicted molar refractivity (Wildman–Crippen MR) is 238 cm³/mol. The van der Waals surface area contributed by atoms with E-state index in [4.69, 9.17) is 14.5 Å². The Bertz CT molecular complexity index is 2290. The number of amides is 6. The lowest BCUT2D eigenvalue weighted by molar-refractivity contribution is -0.137. The second-order valence-electron chi connectivity index (χ2n) is 16.9. The number of hydrogen-bond acceptors (Lipinski definition) is 14. The molecule has 64 heavy (non-hydrogen) atoms. The average molecular weight is 880 g/mol. The number of piperidine rings is 1.